The summed E-state index contributed by atoms with van der Waals surface area (Å²) in [6, 6.07) is 27.3. The first-order valence-corrected chi connectivity index (χ1v) is 8.17. The average Bonchev–Trinajstić information content (AvgIpc) is 3.02. The zero-order valence-electron chi connectivity index (χ0n) is 13.6. The molecule has 1 aromatic heterocycles. The van der Waals surface area contributed by atoms with E-state index < -0.39 is 0 Å². The van der Waals surface area contributed by atoms with Crippen LogP contribution in [0.2, 0.25) is 0 Å². The summed E-state index contributed by atoms with van der Waals surface area (Å²) in [6.45, 7) is 0.625. The number of nitrogens with zero attached hydrogens (tertiary/aromatic N) is 2. The van der Waals surface area contributed by atoms with Crippen molar-refractivity contribution in [3.05, 3.63) is 96.2 Å². The Balaban J connectivity index is 1.71. The maximum atomic E-state index is 12.7. The SMILES string of the molecule is O=C(Nc1ccccc1)c1nn(Cc2ccccc2)c2ccccc12. The van der Waals surface area contributed by atoms with Crippen molar-refractivity contribution in [1.29, 1.82) is 0 Å². The third-order valence-corrected chi connectivity index (χ3v) is 4.08. The van der Waals surface area contributed by atoms with Crippen molar-refractivity contribution in [3.8, 4) is 0 Å². The zero-order valence-corrected chi connectivity index (χ0v) is 13.6. The maximum Gasteiger partial charge on any atom is 0.276 e. The van der Waals surface area contributed by atoms with Gasteiger partial charge in [0.1, 0.15) is 0 Å². The summed E-state index contributed by atoms with van der Waals surface area (Å²) in [4.78, 5) is 12.7. The summed E-state index contributed by atoms with van der Waals surface area (Å²) in [5.41, 5.74) is 3.29. The first-order chi connectivity index (χ1) is 12.3. The van der Waals surface area contributed by atoms with Crippen LogP contribution in [0.4, 0.5) is 5.69 Å². The largest absolute Gasteiger partial charge is 0.321 e. The van der Waals surface area contributed by atoms with Crippen molar-refractivity contribution >= 4 is 22.5 Å². The van der Waals surface area contributed by atoms with Gasteiger partial charge in [-0.05, 0) is 23.8 Å². The molecule has 4 heteroatoms. The smallest absolute Gasteiger partial charge is 0.276 e. The zero-order chi connectivity index (χ0) is 17.1. The molecule has 0 unspecified atom stereocenters. The van der Waals surface area contributed by atoms with Gasteiger partial charge in [0.05, 0.1) is 12.1 Å². The Morgan fingerprint density at radius 3 is 2.24 bits per heavy atom. The molecular formula is C21H17N3O. The summed E-state index contributed by atoms with van der Waals surface area (Å²) in [6.07, 6.45) is 0. The van der Waals surface area contributed by atoms with Crippen molar-refractivity contribution in [2.24, 2.45) is 0 Å². The van der Waals surface area contributed by atoms with Gasteiger partial charge >= 0.3 is 0 Å². The molecule has 0 aliphatic heterocycles. The highest BCUT2D eigenvalue weighted by molar-refractivity contribution is 6.11. The third kappa shape index (κ3) is 3.15. The fraction of sp³-hybridized carbons (Fsp3) is 0.0476. The second kappa shape index (κ2) is 6.61. The van der Waals surface area contributed by atoms with Gasteiger partial charge < -0.3 is 5.32 Å². The summed E-state index contributed by atoms with van der Waals surface area (Å²) < 4.78 is 1.88. The fourth-order valence-corrected chi connectivity index (χ4v) is 2.88. The van der Waals surface area contributed by atoms with Crippen molar-refractivity contribution in [3.63, 3.8) is 0 Å². The number of carbonyl (C=O) groups is 1. The quantitative estimate of drug-likeness (QED) is 0.606. The van der Waals surface area contributed by atoms with Crippen LogP contribution in [-0.2, 0) is 6.54 Å². The van der Waals surface area contributed by atoms with E-state index in [0.29, 0.717) is 12.2 Å². The Bertz CT molecular complexity index is 1010. The Morgan fingerprint density at radius 2 is 1.48 bits per heavy atom. The van der Waals surface area contributed by atoms with Crippen molar-refractivity contribution < 1.29 is 4.79 Å². The van der Waals surface area contributed by atoms with Gasteiger partial charge in [-0.15, -0.1) is 0 Å². The molecule has 4 rings (SSSR count). The van der Waals surface area contributed by atoms with E-state index in [0.717, 1.165) is 22.2 Å². The fourth-order valence-electron chi connectivity index (χ4n) is 2.88. The number of carbonyl (C=O) groups excluding carboxylic acids is 1. The lowest BCUT2D eigenvalue weighted by molar-refractivity contribution is 0.102. The normalized spacial score (nSPS) is 10.7. The molecule has 4 nitrogen and oxygen atoms in total. The second-order valence-electron chi connectivity index (χ2n) is 5.83. The Morgan fingerprint density at radius 1 is 0.840 bits per heavy atom. The molecule has 3 aromatic carbocycles. The molecule has 1 N–H and O–H groups in total. The van der Waals surface area contributed by atoms with Crippen LogP contribution >= 0.6 is 0 Å². The monoisotopic (exact) mass is 327 g/mol. The first-order valence-electron chi connectivity index (χ1n) is 8.17. The molecule has 0 spiro atoms. The van der Waals surface area contributed by atoms with E-state index >= 15 is 0 Å². The number of rotatable bonds is 4. The molecule has 1 heterocycles. The van der Waals surface area contributed by atoms with Crippen molar-refractivity contribution in [1.82, 2.24) is 9.78 Å². The molecule has 0 aliphatic rings. The van der Waals surface area contributed by atoms with Gasteiger partial charge in [0.2, 0.25) is 0 Å². The highest BCUT2D eigenvalue weighted by atomic mass is 16.2. The number of amides is 1. The van der Waals surface area contributed by atoms with Crippen LogP contribution in [0.25, 0.3) is 10.9 Å². The number of para-hydroxylation sites is 2. The number of anilines is 1. The number of benzene rings is 3. The number of nitrogens with one attached hydrogen (secondary N) is 1. The van der Waals surface area contributed by atoms with Gasteiger partial charge in [0.15, 0.2) is 5.69 Å². The topological polar surface area (TPSA) is 46.9 Å². The number of hydrogen-bond acceptors (Lipinski definition) is 2. The summed E-state index contributed by atoms with van der Waals surface area (Å²) in [7, 11) is 0. The maximum absolute atomic E-state index is 12.7. The van der Waals surface area contributed by atoms with Crippen molar-refractivity contribution in [2.75, 3.05) is 5.32 Å². The predicted octanol–water partition coefficient (Wildman–Crippen LogP) is 4.34. The number of hydrogen-bond donors (Lipinski definition) is 1. The van der Waals surface area contributed by atoms with E-state index in [1.54, 1.807) is 0 Å². The van der Waals surface area contributed by atoms with Crippen LogP contribution in [0.5, 0.6) is 0 Å². The van der Waals surface area contributed by atoms with Gasteiger partial charge in [-0.25, -0.2) is 0 Å². The number of aromatic nitrogens is 2. The predicted molar refractivity (Wildman–Crippen MR) is 99.7 cm³/mol. The molecule has 0 saturated carbocycles. The van der Waals surface area contributed by atoms with E-state index in [4.69, 9.17) is 0 Å². The van der Waals surface area contributed by atoms with Crippen LogP contribution < -0.4 is 5.32 Å². The van der Waals surface area contributed by atoms with Gasteiger partial charge in [0, 0.05) is 11.1 Å². The summed E-state index contributed by atoms with van der Waals surface area (Å²) in [5, 5.41) is 8.35. The minimum Gasteiger partial charge on any atom is -0.321 e. The Labute approximate surface area is 145 Å². The average molecular weight is 327 g/mol. The molecule has 0 radical (unpaired) electrons. The van der Waals surface area contributed by atoms with Crippen LogP contribution in [0, 0.1) is 0 Å². The molecule has 0 aliphatic carbocycles. The highest BCUT2D eigenvalue weighted by Gasteiger charge is 2.17. The van der Waals surface area contributed by atoms with Gasteiger partial charge in [-0.1, -0.05) is 66.7 Å². The summed E-state index contributed by atoms with van der Waals surface area (Å²) in [5.74, 6) is -0.200. The molecule has 0 fully saturated rings. The first kappa shape index (κ1) is 15.1. The van der Waals surface area contributed by atoms with Crippen LogP contribution in [0.15, 0.2) is 84.9 Å². The van der Waals surface area contributed by atoms with Crippen LogP contribution in [0.3, 0.4) is 0 Å². The van der Waals surface area contributed by atoms with Gasteiger partial charge in [-0.3, -0.25) is 9.48 Å². The van der Waals surface area contributed by atoms with E-state index in [1.165, 1.54) is 0 Å². The number of fused-ring (bicyclic) bond motifs is 1. The Kier molecular flexibility index (Phi) is 4.01. The third-order valence-electron chi connectivity index (χ3n) is 4.08. The van der Waals surface area contributed by atoms with Gasteiger partial charge in [0.25, 0.3) is 5.91 Å². The molecule has 122 valence electrons. The Hall–Kier alpha value is -3.40. The second-order valence-corrected chi connectivity index (χ2v) is 5.83. The highest BCUT2D eigenvalue weighted by Crippen LogP contribution is 2.21. The molecule has 0 saturated heterocycles. The molecule has 0 atom stereocenters. The summed E-state index contributed by atoms with van der Waals surface area (Å²) >= 11 is 0. The molecule has 4 aromatic rings. The van der Waals surface area contributed by atoms with E-state index in [2.05, 4.69) is 22.5 Å². The van der Waals surface area contributed by atoms with Crippen LogP contribution in [0.1, 0.15) is 16.1 Å². The molecule has 0 bridgehead atoms. The van der Waals surface area contributed by atoms with Crippen LogP contribution in [-0.4, -0.2) is 15.7 Å². The van der Waals surface area contributed by atoms with E-state index in [1.807, 2.05) is 77.5 Å². The molecule has 25 heavy (non-hydrogen) atoms. The van der Waals surface area contributed by atoms with E-state index in [-0.39, 0.29) is 5.91 Å². The lowest BCUT2D eigenvalue weighted by Gasteiger charge is -2.03. The molecule has 1 amide bonds. The minimum absolute atomic E-state index is 0.200. The van der Waals surface area contributed by atoms with E-state index in [9.17, 15) is 4.79 Å². The van der Waals surface area contributed by atoms with Gasteiger partial charge in [-0.2, -0.15) is 5.10 Å². The lowest BCUT2D eigenvalue weighted by atomic mass is 10.2. The van der Waals surface area contributed by atoms with Crippen molar-refractivity contribution in [2.45, 2.75) is 6.54 Å². The lowest BCUT2D eigenvalue weighted by Crippen LogP contribution is -2.13. The standard InChI is InChI=1S/C21H17N3O/c25-21(22-17-11-5-2-6-12-17)20-18-13-7-8-14-19(18)24(23-20)15-16-9-3-1-4-10-16/h1-14H,15H2,(H,22,25). The minimum atomic E-state index is -0.200. The molecular weight excluding hydrogens is 310 g/mol.